The summed E-state index contributed by atoms with van der Waals surface area (Å²) in [5, 5.41) is 0. The van der Waals surface area contributed by atoms with Crippen molar-refractivity contribution in [3.63, 3.8) is 0 Å². The van der Waals surface area contributed by atoms with Crippen LogP contribution in [0, 0.1) is 0 Å². The number of hydrogen-bond acceptors (Lipinski definition) is 2. The van der Waals surface area contributed by atoms with Crippen molar-refractivity contribution in [2.24, 2.45) is 4.99 Å². The predicted molar refractivity (Wildman–Crippen MR) is 75.7 cm³/mol. The lowest BCUT2D eigenvalue weighted by atomic mass is 9.96. The second-order valence-corrected chi connectivity index (χ2v) is 4.87. The molecule has 0 aliphatic carbocycles. The number of benzene rings is 1. The third-order valence-electron chi connectivity index (χ3n) is 3.63. The molecule has 2 heteroatoms. The topological polar surface area (TPSA) is 15.6 Å². The molecule has 0 fully saturated rings. The molecular formula is C15H22N2. The van der Waals surface area contributed by atoms with Crippen molar-refractivity contribution in [1.82, 2.24) is 0 Å². The minimum Gasteiger partial charge on any atom is -0.372 e. The van der Waals surface area contributed by atoms with Gasteiger partial charge >= 0.3 is 0 Å². The lowest BCUT2D eigenvalue weighted by Gasteiger charge is -2.34. The zero-order valence-electron chi connectivity index (χ0n) is 11.1. The Morgan fingerprint density at radius 2 is 2.29 bits per heavy atom. The minimum absolute atomic E-state index is 0.636. The monoisotopic (exact) mass is 230 g/mol. The maximum Gasteiger partial charge on any atom is 0.0678 e. The Balaban J connectivity index is 2.30. The van der Waals surface area contributed by atoms with Crippen molar-refractivity contribution in [3.8, 4) is 0 Å². The van der Waals surface area contributed by atoms with E-state index in [2.05, 4.69) is 49.0 Å². The number of aliphatic imine (C=N–C) groups is 1. The highest BCUT2D eigenvalue weighted by molar-refractivity contribution is 5.71. The summed E-state index contributed by atoms with van der Waals surface area (Å²) in [6.07, 6.45) is 6.66. The quantitative estimate of drug-likeness (QED) is 0.718. The van der Waals surface area contributed by atoms with Gasteiger partial charge in [0, 0.05) is 30.6 Å². The smallest absolute Gasteiger partial charge is 0.0678 e. The van der Waals surface area contributed by atoms with Crippen molar-refractivity contribution in [1.29, 1.82) is 0 Å². The van der Waals surface area contributed by atoms with E-state index in [0.29, 0.717) is 6.04 Å². The fraction of sp³-hybridized carbons (Fsp3) is 0.533. The Labute approximate surface area is 104 Å². The minimum atomic E-state index is 0.636. The van der Waals surface area contributed by atoms with Gasteiger partial charge in [-0.25, -0.2) is 0 Å². The SMILES string of the molecule is CCC/C=N/c1cccc2c1CCC(C)N2C. The van der Waals surface area contributed by atoms with Crippen LogP contribution in [0.4, 0.5) is 11.4 Å². The third-order valence-corrected chi connectivity index (χ3v) is 3.63. The van der Waals surface area contributed by atoms with Crippen LogP contribution in [0.5, 0.6) is 0 Å². The molecule has 0 amide bonds. The molecule has 1 aliphatic rings. The summed E-state index contributed by atoms with van der Waals surface area (Å²) in [5.41, 5.74) is 3.94. The van der Waals surface area contributed by atoms with E-state index < -0.39 is 0 Å². The van der Waals surface area contributed by atoms with E-state index in [0.717, 1.165) is 24.9 Å². The summed E-state index contributed by atoms with van der Waals surface area (Å²) in [4.78, 5) is 6.99. The van der Waals surface area contributed by atoms with Gasteiger partial charge in [0.1, 0.15) is 0 Å². The molecule has 2 rings (SSSR count). The van der Waals surface area contributed by atoms with Crippen LogP contribution >= 0.6 is 0 Å². The van der Waals surface area contributed by atoms with Crippen LogP contribution in [0.25, 0.3) is 0 Å². The summed E-state index contributed by atoms with van der Waals surface area (Å²) in [6.45, 7) is 4.47. The van der Waals surface area contributed by atoms with Crippen LogP contribution in [0.15, 0.2) is 23.2 Å². The molecule has 0 bridgehead atoms. The van der Waals surface area contributed by atoms with Gasteiger partial charge in [0.05, 0.1) is 5.69 Å². The molecule has 17 heavy (non-hydrogen) atoms. The van der Waals surface area contributed by atoms with Crippen LogP contribution in [-0.4, -0.2) is 19.3 Å². The van der Waals surface area contributed by atoms with Gasteiger partial charge < -0.3 is 4.90 Å². The molecule has 0 N–H and O–H groups in total. The van der Waals surface area contributed by atoms with Crippen molar-refractivity contribution in [2.75, 3.05) is 11.9 Å². The standard InChI is InChI=1S/C15H22N2/c1-4-5-11-16-14-7-6-8-15-13(14)10-9-12(2)17(15)3/h6-8,11-12H,4-5,9-10H2,1-3H3/b16-11+. The molecular weight excluding hydrogens is 208 g/mol. The second kappa shape index (κ2) is 5.35. The van der Waals surface area contributed by atoms with Crippen LogP contribution in [-0.2, 0) is 6.42 Å². The van der Waals surface area contributed by atoms with E-state index in [9.17, 15) is 0 Å². The maximum atomic E-state index is 4.62. The van der Waals surface area contributed by atoms with Crippen molar-refractivity contribution in [2.45, 2.75) is 45.6 Å². The van der Waals surface area contributed by atoms with Crippen LogP contribution in [0.1, 0.15) is 38.7 Å². The molecule has 0 aromatic heterocycles. The molecule has 0 saturated heterocycles. The number of anilines is 1. The maximum absolute atomic E-state index is 4.62. The van der Waals surface area contributed by atoms with Gasteiger partial charge in [-0.15, -0.1) is 0 Å². The van der Waals surface area contributed by atoms with Crippen LogP contribution in [0.3, 0.4) is 0 Å². The molecule has 0 spiro atoms. The van der Waals surface area contributed by atoms with Crippen molar-refractivity contribution < 1.29 is 0 Å². The average molecular weight is 230 g/mol. The predicted octanol–water partition coefficient (Wildman–Crippen LogP) is 3.96. The normalized spacial score (nSPS) is 19.7. The molecule has 1 heterocycles. The average Bonchev–Trinajstić information content (AvgIpc) is 2.35. The molecule has 1 aromatic rings. The molecule has 1 unspecified atom stereocenters. The lowest BCUT2D eigenvalue weighted by Crippen LogP contribution is -2.33. The molecule has 0 radical (unpaired) electrons. The molecule has 92 valence electrons. The van der Waals surface area contributed by atoms with Gasteiger partial charge in [0.15, 0.2) is 0 Å². The zero-order valence-corrected chi connectivity index (χ0v) is 11.1. The Kier molecular flexibility index (Phi) is 3.82. The Bertz CT molecular complexity index is 409. The van der Waals surface area contributed by atoms with Crippen LogP contribution in [0.2, 0.25) is 0 Å². The zero-order chi connectivity index (χ0) is 12.3. The number of nitrogens with zero attached hydrogens (tertiary/aromatic N) is 2. The largest absolute Gasteiger partial charge is 0.372 e. The highest BCUT2D eigenvalue weighted by Gasteiger charge is 2.21. The Morgan fingerprint density at radius 3 is 3.06 bits per heavy atom. The summed E-state index contributed by atoms with van der Waals surface area (Å²) in [7, 11) is 2.18. The first-order valence-electron chi connectivity index (χ1n) is 6.61. The number of unbranched alkanes of at least 4 members (excludes halogenated alkanes) is 1. The first-order chi connectivity index (χ1) is 8.24. The Hall–Kier alpha value is -1.31. The summed E-state index contributed by atoms with van der Waals surface area (Å²) in [5.74, 6) is 0. The van der Waals surface area contributed by atoms with Crippen LogP contribution < -0.4 is 4.90 Å². The summed E-state index contributed by atoms with van der Waals surface area (Å²) in [6, 6.07) is 7.10. The highest BCUT2D eigenvalue weighted by Crippen LogP contribution is 2.35. The van der Waals surface area contributed by atoms with Gasteiger partial charge in [-0.05, 0) is 38.3 Å². The van der Waals surface area contributed by atoms with Gasteiger partial charge in [0.25, 0.3) is 0 Å². The molecule has 1 aromatic carbocycles. The first kappa shape index (κ1) is 12.2. The molecule has 0 saturated carbocycles. The number of fused-ring (bicyclic) bond motifs is 1. The third kappa shape index (κ3) is 2.51. The lowest BCUT2D eigenvalue weighted by molar-refractivity contribution is 0.599. The van der Waals surface area contributed by atoms with E-state index >= 15 is 0 Å². The van der Waals surface area contributed by atoms with Gasteiger partial charge in [-0.1, -0.05) is 19.4 Å². The van der Waals surface area contributed by atoms with E-state index in [1.807, 2.05) is 6.21 Å². The number of rotatable bonds is 3. The van der Waals surface area contributed by atoms with E-state index in [4.69, 9.17) is 0 Å². The first-order valence-corrected chi connectivity index (χ1v) is 6.61. The number of hydrogen-bond donors (Lipinski definition) is 0. The van der Waals surface area contributed by atoms with Gasteiger partial charge in [-0.2, -0.15) is 0 Å². The van der Waals surface area contributed by atoms with Crippen molar-refractivity contribution in [3.05, 3.63) is 23.8 Å². The molecule has 1 aliphatic heterocycles. The van der Waals surface area contributed by atoms with Gasteiger partial charge in [-0.3, -0.25) is 4.99 Å². The fourth-order valence-electron chi connectivity index (χ4n) is 2.35. The summed E-state index contributed by atoms with van der Waals surface area (Å²) < 4.78 is 0. The second-order valence-electron chi connectivity index (χ2n) is 4.87. The Morgan fingerprint density at radius 1 is 1.47 bits per heavy atom. The van der Waals surface area contributed by atoms with E-state index in [-0.39, 0.29) is 0 Å². The van der Waals surface area contributed by atoms with E-state index in [1.54, 1.807) is 0 Å². The van der Waals surface area contributed by atoms with E-state index in [1.165, 1.54) is 17.7 Å². The fourth-order valence-corrected chi connectivity index (χ4v) is 2.35. The van der Waals surface area contributed by atoms with Crippen molar-refractivity contribution >= 4 is 17.6 Å². The molecule has 1 atom stereocenters. The highest BCUT2D eigenvalue weighted by atomic mass is 15.1. The summed E-state index contributed by atoms with van der Waals surface area (Å²) >= 11 is 0. The van der Waals surface area contributed by atoms with Gasteiger partial charge in [0.2, 0.25) is 0 Å². The molecule has 2 nitrogen and oxygen atoms in total.